The quantitative estimate of drug-likeness (QED) is 0.0455. The van der Waals surface area contributed by atoms with E-state index in [1.54, 1.807) is 26.4 Å². The van der Waals surface area contributed by atoms with Gasteiger partial charge >= 0.3 is 22.3 Å². The van der Waals surface area contributed by atoms with Gasteiger partial charge in [-0.1, -0.05) is 24.3 Å². The lowest BCUT2D eigenvalue weighted by Crippen LogP contribution is -2.58. The van der Waals surface area contributed by atoms with Crippen molar-refractivity contribution in [1.82, 2.24) is 20.1 Å². The minimum absolute atomic E-state index is 0.0170. The van der Waals surface area contributed by atoms with Crippen LogP contribution in [0.5, 0.6) is 23.0 Å². The Bertz CT molecular complexity index is 2470. The Morgan fingerprint density at radius 1 is 0.841 bits per heavy atom. The number of aromatic amines is 1. The first-order valence-corrected chi connectivity index (χ1v) is 21.0. The number of piperidine rings is 1. The maximum Gasteiger partial charge on any atom is 0.394 e. The number of ether oxygens (including phenoxy) is 7. The van der Waals surface area contributed by atoms with Crippen LogP contribution in [-0.4, -0.2) is 117 Å². The molecular weight excluding hydrogens is 845 g/mol. The first-order valence-electron chi connectivity index (χ1n) is 19.6. The Morgan fingerprint density at radius 3 is 1.98 bits per heavy atom. The van der Waals surface area contributed by atoms with Crippen molar-refractivity contribution in [3.05, 3.63) is 71.4 Å². The number of carbonyl (C=O) groups excluding carboxylic acids is 2. The van der Waals surface area contributed by atoms with Gasteiger partial charge in [-0.25, -0.2) is 16.5 Å². The number of fused-ring (bicyclic) bond motifs is 7. The molecule has 1 saturated carbocycles. The summed E-state index contributed by atoms with van der Waals surface area (Å²) in [6, 6.07) is 17.0. The SMILES string of the molecule is COC(=O)[C@H]1[C@H]2C[C@@H]3c4[nH]c5cc(OC)ccc5c4CCN3C[C@H]2C[C@@H](OC(=O)c2cc(OC)c(OC)c(OC)c2)[C@@H]1OC.NNc1nnc(NN)c2ccccc12.O=S(=O)(O)O. The van der Waals surface area contributed by atoms with Crippen LogP contribution < -0.4 is 41.5 Å². The lowest BCUT2D eigenvalue weighted by atomic mass is 9.63. The van der Waals surface area contributed by atoms with Crippen LogP contribution in [0.15, 0.2) is 54.6 Å². The fraction of sp³-hybridized carbons (Fsp3) is 0.415. The molecule has 340 valence electrons. The molecule has 9 N–H and O–H groups in total. The number of rotatable bonds is 10. The molecule has 2 fully saturated rings. The van der Waals surface area contributed by atoms with E-state index >= 15 is 0 Å². The number of carbonyl (C=O) groups is 2. The van der Waals surface area contributed by atoms with Gasteiger partial charge in [0.15, 0.2) is 23.1 Å². The second-order valence-electron chi connectivity index (χ2n) is 14.9. The summed E-state index contributed by atoms with van der Waals surface area (Å²) in [6.45, 7) is 1.68. The highest BCUT2D eigenvalue weighted by molar-refractivity contribution is 7.79. The number of esters is 2. The van der Waals surface area contributed by atoms with Crippen LogP contribution in [0.1, 0.15) is 40.5 Å². The first-order chi connectivity index (χ1) is 30.2. The standard InChI is InChI=1S/C33H40N2O9.C8H10N6.H2O4S/c1-38-19-7-8-20-21-9-10-35-16-18-13-27(44-32(36)17-11-25(39-2)30(41-4)26(12-17)40-3)31(42-5)28(33(37)43-6)22(18)15-24(35)29(21)34-23(20)14-19;9-11-7-5-3-1-2-4-6(5)8(12-10)14-13-7;1-5(2,3)4/h7-8,11-12,14,18,22,24,27-28,31,34H,9-10,13,15-16H2,1-6H3;1-4H,9-10H2,(H,11,13)(H,12,14);(H2,1,2,3,4)/t18-,22+,24-,27-,28+,31+;;/m1../s1. The topological polar surface area (TPSA) is 294 Å². The van der Waals surface area contributed by atoms with E-state index < -0.39 is 34.5 Å². The summed E-state index contributed by atoms with van der Waals surface area (Å²) in [7, 11) is 4.43. The number of methoxy groups -OCH3 is 6. The van der Waals surface area contributed by atoms with Crippen LogP contribution in [0.2, 0.25) is 0 Å². The van der Waals surface area contributed by atoms with Gasteiger partial charge in [0, 0.05) is 53.6 Å². The van der Waals surface area contributed by atoms with Gasteiger partial charge < -0.3 is 49.0 Å². The molecule has 3 aliphatic rings. The number of nitrogens with two attached hydrogens (primary N) is 2. The predicted octanol–water partition coefficient (Wildman–Crippen LogP) is 3.72. The Morgan fingerprint density at radius 2 is 1.46 bits per heavy atom. The number of aromatic nitrogens is 3. The molecule has 0 amide bonds. The monoisotopic (exact) mass is 896 g/mol. The average Bonchev–Trinajstić information content (AvgIpc) is 3.67. The summed E-state index contributed by atoms with van der Waals surface area (Å²) in [5, 5.41) is 10.7. The van der Waals surface area contributed by atoms with E-state index in [1.165, 1.54) is 45.1 Å². The molecule has 5 aromatic rings. The fourth-order valence-electron chi connectivity index (χ4n) is 9.08. The van der Waals surface area contributed by atoms with Gasteiger partial charge in [0.1, 0.15) is 18.0 Å². The predicted molar refractivity (Wildman–Crippen MR) is 230 cm³/mol. The summed E-state index contributed by atoms with van der Waals surface area (Å²) >= 11 is 0. The maximum atomic E-state index is 13.5. The van der Waals surface area contributed by atoms with Crippen molar-refractivity contribution in [3.63, 3.8) is 0 Å². The average molecular weight is 897 g/mol. The van der Waals surface area contributed by atoms with Gasteiger partial charge in [0.05, 0.1) is 53.1 Å². The van der Waals surface area contributed by atoms with Gasteiger partial charge in [-0.05, 0) is 60.9 Å². The summed E-state index contributed by atoms with van der Waals surface area (Å²) in [4.78, 5) is 33.1. The third kappa shape index (κ3) is 9.96. The lowest BCUT2D eigenvalue weighted by Gasteiger charge is -2.52. The molecule has 0 bridgehead atoms. The van der Waals surface area contributed by atoms with Crippen molar-refractivity contribution in [1.29, 1.82) is 0 Å². The molecular formula is C41H52N8O13S. The molecule has 1 saturated heterocycles. The molecule has 0 radical (unpaired) electrons. The molecule has 3 aromatic carbocycles. The maximum absolute atomic E-state index is 13.5. The zero-order valence-corrected chi connectivity index (χ0v) is 36.3. The number of hydrogen-bond acceptors (Lipinski definition) is 18. The van der Waals surface area contributed by atoms with E-state index in [1.807, 2.05) is 36.4 Å². The highest BCUT2D eigenvalue weighted by atomic mass is 32.3. The highest BCUT2D eigenvalue weighted by Crippen LogP contribution is 2.51. The molecule has 4 heterocycles. The number of H-pyrrole nitrogens is 1. The van der Waals surface area contributed by atoms with Crippen LogP contribution in [0, 0.1) is 17.8 Å². The van der Waals surface area contributed by atoms with Gasteiger partial charge in [0.2, 0.25) is 5.75 Å². The minimum atomic E-state index is -4.67. The Hall–Kier alpha value is -6.01. The van der Waals surface area contributed by atoms with Crippen molar-refractivity contribution < 1.29 is 60.3 Å². The van der Waals surface area contributed by atoms with E-state index in [2.05, 4.69) is 37.0 Å². The second-order valence-corrected chi connectivity index (χ2v) is 15.8. The second kappa shape index (κ2) is 20.0. The normalized spacial score (nSPS) is 21.4. The van der Waals surface area contributed by atoms with E-state index in [0.29, 0.717) is 35.3 Å². The Labute approximate surface area is 363 Å². The van der Waals surface area contributed by atoms with Crippen molar-refractivity contribution in [2.24, 2.45) is 29.4 Å². The van der Waals surface area contributed by atoms with Crippen LogP contribution in [0.4, 0.5) is 11.6 Å². The summed E-state index contributed by atoms with van der Waals surface area (Å²) in [6.07, 6.45) is 0.920. The number of nitrogen functional groups attached to an aromatic ring is 2. The Balaban J connectivity index is 0.000000287. The zero-order valence-electron chi connectivity index (χ0n) is 35.5. The van der Waals surface area contributed by atoms with Crippen molar-refractivity contribution in [2.45, 2.75) is 37.5 Å². The number of nitrogens with one attached hydrogen (secondary N) is 3. The van der Waals surface area contributed by atoms with Crippen LogP contribution in [0.3, 0.4) is 0 Å². The van der Waals surface area contributed by atoms with Gasteiger partial charge in [-0.3, -0.25) is 18.8 Å². The highest BCUT2D eigenvalue weighted by Gasteiger charge is 2.54. The van der Waals surface area contributed by atoms with Crippen LogP contribution in [-0.2, 0) is 35.8 Å². The number of anilines is 2. The third-order valence-electron chi connectivity index (χ3n) is 11.7. The van der Waals surface area contributed by atoms with Crippen LogP contribution >= 0.6 is 0 Å². The molecule has 21 nitrogen and oxygen atoms in total. The summed E-state index contributed by atoms with van der Waals surface area (Å²) < 4.78 is 70.7. The molecule has 6 atom stereocenters. The first kappa shape index (κ1) is 46.5. The van der Waals surface area contributed by atoms with Crippen LogP contribution in [0.25, 0.3) is 21.7 Å². The van der Waals surface area contributed by atoms with Crippen molar-refractivity contribution in [3.8, 4) is 23.0 Å². The molecule has 1 aliphatic carbocycles. The zero-order chi connectivity index (χ0) is 45.6. The molecule has 63 heavy (non-hydrogen) atoms. The van der Waals surface area contributed by atoms with E-state index in [9.17, 15) is 9.59 Å². The van der Waals surface area contributed by atoms with Crippen molar-refractivity contribution in [2.75, 3.05) is 66.6 Å². The molecule has 2 aromatic heterocycles. The molecule has 2 aliphatic heterocycles. The van der Waals surface area contributed by atoms with Gasteiger partial charge in [0.25, 0.3) is 0 Å². The third-order valence-corrected chi connectivity index (χ3v) is 11.7. The number of hydrazine groups is 2. The van der Waals surface area contributed by atoms with E-state index in [0.717, 1.165) is 48.0 Å². The van der Waals surface area contributed by atoms with Crippen molar-refractivity contribution >= 4 is 55.6 Å². The van der Waals surface area contributed by atoms with Gasteiger partial charge in [-0.2, -0.15) is 8.42 Å². The fourth-order valence-corrected chi connectivity index (χ4v) is 9.08. The molecule has 22 heteroatoms. The van der Waals surface area contributed by atoms with E-state index in [4.69, 9.17) is 62.4 Å². The molecule has 0 unspecified atom stereocenters. The smallest absolute Gasteiger partial charge is 0.394 e. The number of hydrogen-bond donors (Lipinski definition) is 7. The largest absolute Gasteiger partial charge is 0.497 e. The minimum Gasteiger partial charge on any atom is -0.497 e. The summed E-state index contributed by atoms with van der Waals surface area (Å²) in [5.41, 5.74) is 8.79. The number of nitrogens with zero attached hydrogens (tertiary/aromatic N) is 3. The molecule has 8 rings (SSSR count). The Kier molecular flexibility index (Phi) is 14.8. The van der Waals surface area contributed by atoms with Gasteiger partial charge in [-0.15, -0.1) is 10.2 Å². The lowest BCUT2D eigenvalue weighted by molar-refractivity contribution is -0.176. The number of benzene rings is 3. The van der Waals surface area contributed by atoms with E-state index in [-0.39, 0.29) is 29.4 Å². The molecule has 0 spiro atoms. The summed E-state index contributed by atoms with van der Waals surface area (Å²) in [5.74, 6) is 12.1.